The maximum atomic E-state index is 13.4. The van der Waals surface area contributed by atoms with Crippen molar-refractivity contribution in [2.75, 3.05) is 54.4 Å². The molecule has 2 amide bonds. The standard InChI is InChI=1S/C38H44N5O5PS/c1-9-47-49(7)34-17-14-25(22-33(34)45-5)40-35-23-26(18-19-39-35)48-32-16-15-29(27-12-10-11-13-28(27)32)41-37(44)42-30-20-24(38(2,3)4)21-31(43-50-8)36(30)46-6/h10-23,43H,9H2,1-8H3,(H,39,40)(H2,41,42,44). The molecule has 1 aromatic heterocycles. The highest BCUT2D eigenvalue weighted by Gasteiger charge is 2.21. The Morgan fingerprint density at radius 2 is 1.60 bits per heavy atom. The van der Waals surface area contributed by atoms with E-state index >= 15 is 0 Å². The summed E-state index contributed by atoms with van der Waals surface area (Å²) in [5, 5.41) is 12.1. The molecule has 1 unspecified atom stereocenters. The van der Waals surface area contributed by atoms with Crippen LogP contribution in [0.15, 0.2) is 85.1 Å². The molecule has 0 saturated carbocycles. The third-order valence-electron chi connectivity index (χ3n) is 7.82. The van der Waals surface area contributed by atoms with Crippen LogP contribution in [0.3, 0.4) is 0 Å². The first-order valence-electron chi connectivity index (χ1n) is 16.1. The van der Waals surface area contributed by atoms with Gasteiger partial charge >= 0.3 is 6.03 Å². The Hall–Kier alpha value is -4.70. The summed E-state index contributed by atoms with van der Waals surface area (Å²) >= 11 is 1.46. The molecule has 5 rings (SSSR count). The van der Waals surface area contributed by atoms with Crippen LogP contribution in [-0.2, 0) is 9.94 Å². The van der Waals surface area contributed by atoms with Gasteiger partial charge in [-0.2, -0.15) is 0 Å². The monoisotopic (exact) mass is 713 g/mol. The molecule has 0 aliphatic rings. The van der Waals surface area contributed by atoms with Crippen LogP contribution < -0.4 is 40.2 Å². The van der Waals surface area contributed by atoms with E-state index in [1.165, 1.54) is 11.9 Å². The van der Waals surface area contributed by atoms with Crippen LogP contribution >= 0.6 is 20.1 Å². The summed E-state index contributed by atoms with van der Waals surface area (Å²) in [4.78, 5) is 17.9. The highest BCUT2D eigenvalue weighted by molar-refractivity contribution is 7.99. The number of carbonyl (C=O) groups excluding carboxylic acids is 1. The summed E-state index contributed by atoms with van der Waals surface area (Å²) in [7, 11) is 2.47. The fraction of sp³-hybridized carbons (Fsp3) is 0.263. The van der Waals surface area contributed by atoms with E-state index in [1.54, 1.807) is 26.5 Å². The van der Waals surface area contributed by atoms with E-state index in [2.05, 4.69) is 53.1 Å². The van der Waals surface area contributed by atoms with Gasteiger partial charge in [-0.25, -0.2) is 9.78 Å². The van der Waals surface area contributed by atoms with Crippen LogP contribution in [0, 0.1) is 0 Å². The Morgan fingerprint density at radius 3 is 2.30 bits per heavy atom. The summed E-state index contributed by atoms with van der Waals surface area (Å²) in [6.45, 7) is 11.1. The number of aromatic nitrogens is 1. The van der Waals surface area contributed by atoms with Gasteiger partial charge in [-0.15, -0.1) is 0 Å². The number of carbonyl (C=O) groups is 1. The predicted octanol–water partition coefficient (Wildman–Crippen LogP) is 10.1. The van der Waals surface area contributed by atoms with E-state index in [0.29, 0.717) is 41.0 Å². The van der Waals surface area contributed by atoms with Crippen molar-refractivity contribution >= 4 is 70.8 Å². The number of urea groups is 1. The number of anilines is 5. The summed E-state index contributed by atoms with van der Waals surface area (Å²) < 4.78 is 26.8. The molecule has 0 spiro atoms. The molecule has 0 aliphatic heterocycles. The lowest BCUT2D eigenvalue weighted by molar-refractivity contribution is 0.262. The summed E-state index contributed by atoms with van der Waals surface area (Å²) in [6, 6.07) is 24.6. The van der Waals surface area contributed by atoms with E-state index in [4.69, 9.17) is 18.7 Å². The van der Waals surface area contributed by atoms with Crippen molar-refractivity contribution in [3.63, 3.8) is 0 Å². The average Bonchev–Trinajstić information content (AvgIpc) is 3.09. The number of nitrogens with one attached hydrogen (secondary N) is 4. The molecule has 0 fully saturated rings. The molecule has 1 atom stereocenters. The quantitative estimate of drug-likeness (QED) is 0.0699. The summed E-state index contributed by atoms with van der Waals surface area (Å²) in [5.41, 5.74) is 3.72. The minimum Gasteiger partial charge on any atom is -0.496 e. The number of amides is 2. The second-order valence-electron chi connectivity index (χ2n) is 12.3. The van der Waals surface area contributed by atoms with Gasteiger partial charge in [-0.3, -0.25) is 0 Å². The lowest BCUT2D eigenvalue weighted by Gasteiger charge is -2.24. The number of nitrogens with zero attached hydrogens (tertiary/aromatic N) is 1. The van der Waals surface area contributed by atoms with Crippen LogP contribution in [0.5, 0.6) is 23.0 Å². The predicted molar refractivity (Wildman–Crippen MR) is 210 cm³/mol. The van der Waals surface area contributed by atoms with Crippen molar-refractivity contribution in [3.05, 3.63) is 90.6 Å². The van der Waals surface area contributed by atoms with Crippen molar-refractivity contribution in [2.24, 2.45) is 0 Å². The number of rotatable bonds is 13. The third-order valence-corrected chi connectivity index (χ3v) is 9.94. The zero-order valence-electron chi connectivity index (χ0n) is 29.6. The first-order valence-corrected chi connectivity index (χ1v) is 19.0. The van der Waals surface area contributed by atoms with Gasteiger partial charge in [0.2, 0.25) is 0 Å². The van der Waals surface area contributed by atoms with Gasteiger partial charge in [0.15, 0.2) is 5.75 Å². The molecule has 10 nitrogen and oxygen atoms in total. The minimum atomic E-state index is -0.775. The lowest BCUT2D eigenvalue weighted by atomic mass is 9.86. The van der Waals surface area contributed by atoms with Crippen molar-refractivity contribution in [1.29, 1.82) is 0 Å². The van der Waals surface area contributed by atoms with E-state index < -0.39 is 14.2 Å². The van der Waals surface area contributed by atoms with Gasteiger partial charge < -0.3 is 39.4 Å². The molecule has 0 radical (unpaired) electrons. The smallest absolute Gasteiger partial charge is 0.323 e. The molecule has 5 aromatic rings. The number of methoxy groups -OCH3 is 2. The third kappa shape index (κ3) is 8.71. The van der Waals surface area contributed by atoms with Crippen LogP contribution in [-0.4, -0.2) is 44.8 Å². The van der Waals surface area contributed by atoms with E-state index in [9.17, 15) is 4.79 Å². The van der Waals surface area contributed by atoms with Crippen molar-refractivity contribution < 1.29 is 23.5 Å². The Bertz CT molecular complexity index is 1970. The first kappa shape index (κ1) is 36.6. The highest BCUT2D eigenvalue weighted by Crippen LogP contribution is 2.41. The average molecular weight is 714 g/mol. The van der Waals surface area contributed by atoms with E-state index in [0.717, 1.165) is 38.8 Å². The zero-order chi connectivity index (χ0) is 35.8. The lowest BCUT2D eigenvalue weighted by Crippen LogP contribution is -2.21. The van der Waals surface area contributed by atoms with Crippen LogP contribution in [0.2, 0.25) is 0 Å². The molecule has 12 heteroatoms. The molecule has 0 saturated heterocycles. The number of fused-ring (bicyclic) bond motifs is 1. The van der Waals surface area contributed by atoms with E-state index in [1.807, 2.05) is 86.0 Å². The first-order chi connectivity index (χ1) is 24.0. The Balaban J connectivity index is 1.35. The molecule has 50 heavy (non-hydrogen) atoms. The van der Waals surface area contributed by atoms with Crippen molar-refractivity contribution in [2.45, 2.75) is 33.1 Å². The molecular weight excluding hydrogens is 669 g/mol. The number of ether oxygens (including phenoxy) is 3. The summed E-state index contributed by atoms with van der Waals surface area (Å²) in [6.07, 6.45) is 3.63. The largest absolute Gasteiger partial charge is 0.496 e. The normalized spacial score (nSPS) is 11.8. The molecule has 4 N–H and O–H groups in total. The Morgan fingerprint density at radius 1 is 0.860 bits per heavy atom. The van der Waals surface area contributed by atoms with Gasteiger partial charge in [-0.1, -0.05) is 57.0 Å². The molecule has 262 valence electrons. The second-order valence-corrected chi connectivity index (χ2v) is 14.6. The maximum Gasteiger partial charge on any atom is 0.323 e. The van der Waals surface area contributed by atoms with Gasteiger partial charge in [-0.05, 0) is 67.0 Å². The van der Waals surface area contributed by atoms with Crippen LogP contribution in [0.25, 0.3) is 10.8 Å². The maximum absolute atomic E-state index is 13.4. The zero-order valence-corrected chi connectivity index (χ0v) is 31.3. The molecule has 1 heterocycles. The van der Waals surface area contributed by atoms with Gasteiger partial charge in [0.1, 0.15) is 23.1 Å². The second kappa shape index (κ2) is 16.3. The topological polar surface area (TPSA) is 115 Å². The molecule has 0 aliphatic carbocycles. The SMILES string of the molecule is CCOP(C)c1ccc(Nc2cc(Oc3ccc(NC(=O)Nc4cc(C(C)(C)C)cc(NSC)c4OC)c4ccccc34)ccn2)cc1OC. The van der Waals surface area contributed by atoms with Crippen molar-refractivity contribution in [1.82, 2.24) is 4.98 Å². The highest BCUT2D eigenvalue weighted by atomic mass is 32.2. The van der Waals surface area contributed by atoms with E-state index in [-0.39, 0.29) is 5.41 Å². The van der Waals surface area contributed by atoms with Gasteiger partial charge in [0, 0.05) is 53.0 Å². The van der Waals surface area contributed by atoms with Crippen molar-refractivity contribution in [3.8, 4) is 23.0 Å². The molecular formula is C38H44N5O5PS. The fourth-order valence-electron chi connectivity index (χ4n) is 5.40. The number of pyridine rings is 1. The Labute approximate surface area is 299 Å². The number of benzene rings is 4. The molecule has 0 bridgehead atoms. The molecule has 4 aromatic carbocycles. The van der Waals surface area contributed by atoms with Crippen LogP contribution in [0.4, 0.5) is 33.4 Å². The fourth-order valence-corrected chi connectivity index (χ4v) is 7.05. The minimum absolute atomic E-state index is 0.145. The Kier molecular flexibility index (Phi) is 12.0. The van der Waals surface area contributed by atoms with Crippen LogP contribution in [0.1, 0.15) is 33.3 Å². The number of hydrogen-bond donors (Lipinski definition) is 4. The van der Waals surface area contributed by atoms with Gasteiger partial charge in [0.05, 0.1) is 39.4 Å². The number of hydrogen-bond acceptors (Lipinski definition) is 9. The van der Waals surface area contributed by atoms with Gasteiger partial charge in [0.25, 0.3) is 0 Å². The summed E-state index contributed by atoms with van der Waals surface area (Å²) in [5.74, 6) is 3.16.